The fraction of sp³-hybridized carbons (Fsp3) is 0.789. The molecule has 0 saturated carbocycles. The van der Waals surface area contributed by atoms with Crippen LogP contribution < -0.4 is 11.2 Å². The van der Waals surface area contributed by atoms with E-state index in [0.29, 0.717) is 24.9 Å². The second-order valence-corrected chi connectivity index (χ2v) is 10.7. The monoisotopic (exact) mass is 515 g/mol. The molecule has 34 heavy (non-hydrogen) atoms. The van der Waals surface area contributed by atoms with Crippen molar-refractivity contribution < 1.29 is 23.0 Å². The molecule has 0 bridgehead atoms. The van der Waals surface area contributed by atoms with E-state index in [1.165, 1.54) is 10.8 Å². The van der Waals surface area contributed by atoms with Crippen LogP contribution in [0.4, 0.5) is 0 Å². The molecule has 0 amide bonds. The van der Waals surface area contributed by atoms with Gasteiger partial charge in [-0.3, -0.25) is 0 Å². The van der Waals surface area contributed by atoms with E-state index in [2.05, 4.69) is 22.2 Å². The van der Waals surface area contributed by atoms with Gasteiger partial charge < -0.3 is 0 Å². The summed E-state index contributed by atoms with van der Waals surface area (Å²) in [6, 6.07) is -0.971. The second-order valence-electron chi connectivity index (χ2n) is 7.97. The Labute approximate surface area is 203 Å². The first-order valence-corrected chi connectivity index (χ1v) is 13.9. The van der Waals surface area contributed by atoms with Crippen LogP contribution in [-0.4, -0.2) is 60.9 Å². The van der Waals surface area contributed by atoms with Crippen LogP contribution >= 0.6 is 18.2 Å². The molecule has 1 aromatic heterocycles. The van der Waals surface area contributed by atoms with Gasteiger partial charge in [-0.05, 0) is 0 Å². The van der Waals surface area contributed by atoms with Crippen LogP contribution in [0.5, 0.6) is 0 Å². The van der Waals surface area contributed by atoms with Gasteiger partial charge in [0, 0.05) is 0 Å². The molecule has 1 aromatic rings. The summed E-state index contributed by atoms with van der Waals surface area (Å²) in [6.45, 7) is 4.39. The van der Waals surface area contributed by atoms with Gasteiger partial charge in [0.05, 0.1) is 0 Å². The quantitative estimate of drug-likeness (QED) is 0.0710. The summed E-state index contributed by atoms with van der Waals surface area (Å²) in [7, 11) is 3.43. The number of aryl methyl sites for hydroxylation is 1. The first-order chi connectivity index (χ1) is 16.3. The van der Waals surface area contributed by atoms with Gasteiger partial charge >= 0.3 is 203 Å². The van der Waals surface area contributed by atoms with Crippen LogP contribution in [0.1, 0.15) is 51.3 Å². The van der Waals surface area contributed by atoms with Crippen LogP contribution in [0.15, 0.2) is 20.9 Å². The Morgan fingerprint density at radius 1 is 1.32 bits per heavy atom. The molecule has 2 unspecified atom stereocenters. The van der Waals surface area contributed by atoms with E-state index in [1.54, 1.807) is 6.92 Å². The van der Waals surface area contributed by atoms with E-state index in [0.717, 1.165) is 25.7 Å². The summed E-state index contributed by atoms with van der Waals surface area (Å²) >= 11 is 0.698. The molecule has 0 aliphatic carbocycles. The topological polar surface area (TPSA) is 158 Å². The first-order valence-electron chi connectivity index (χ1n) is 11.1. The molecule has 12 nitrogen and oxygen atoms in total. The van der Waals surface area contributed by atoms with Crippen molar-refractivity contribution in [3.8, 4) is 0 Å². The Kier molecular flexibility index (Phi) is 11.8. The summed E-state index contributed by atoms with van der Waals surface area (Å²) in [5, 5.41) is 3.91. The summed E-state index contributed by atoms with van der Waals surface area (Å²) in [5.74, 6) is 0. The van der Waals surface area contributed by atoms with Crippen LogP contribution in [0.2, 0.25) is 0 Å². The molecule has 5 atom stereocenters. The minimum absolute atomic E-state index is 0.0172. The number of ether oxygens (including phenoxy) is 3. The third-order valence-electron chi connectivity index (χ3n) is 5.30. The molecule has 15 heteroatoms. The number of hydrogen-bond donors (Lipinski definition) is 1. The number of nitrogens with one attached hydrogen (secondary N) is 1. The number of H-pyrrole nitrogens is 1. The second kappa shape index (κ2) is 14.0. The van der Waals surface area contributed by atoms with Gasteiger partial charge in [-0.25, -0.2) is 0 Å². The average molecular weight is 515 g/mol. The molecule has 188 valence electrons. The van der Waals surface area contributed by atoms with Crippen LogP contribution in [0.3, 0.4) is 0 Å². The SMILES string of the molecule is B=P(=O)SOC[C@]1(COCCCC)O[C@@H](n2cc(C)c(=O)[nH]c2=O)[C@@H](N=[N+]=[N-])C1OCCCC. The van der Waals surface area contributed by atoms with Crippen molar-refractivity contribution in [2.75, 3.05) is 26.4 Å². The van der Waals surface area contributed by atoms with Gasteiger partial charge in [-0.15, -0.1) is 0 Å². The zero-order valence-corrected chi connectivity index (χ0v) is 21.4. The molecule has 1 aliphatic heterocycles. The summed E-state index contributed by atoms with van der Waals surface area (Å²) in [6.07, 6.45) is 2.77. The molecule has 2 rings (SSSR count). The Bertz CT molecular complexity index is 1040. The van der Waals surface area contributed by atoms with Gasteiger partial charge in [-0.2, -0.15) is 0 Å². The van der Waals surface area contributed by atoms with Crippen molar-refractivity contribution in [2.45, 2.75) is 70.4 Å². The van der Waals surface area contributed by atoms with Crippen LogP contribution in [0, 0.1) is 6.92 Å². The summed E-state index contributed by atoms with van der Waals surface area (Å²) < 4.78 is 36.6. The molecule has 2 heterocycles. The maximum atomic E-state index is 12.6. The molecule has 1 fully saturated rings. The summed E-state index contributed by atoms with van der Waals surface area (Å²) in [4.78, 5) is 29.7. The van der Waals surface area contributed by atoms with E-state index in [9.17, 15) is 19.7 Å². The minimum atomic E-state index is -1.90. The van der Waals surface area contributed by atoms with E-state index >= 15 is 0 Å². The Morgan fingerprint density at radius 2 is 2.03 bits per heavy atom. The molecule has 1 aliphatic rings. The fourth-order valence-corrected chi connectivity index (χ4v) is 4.45. The fourth-order valence-electron chi connectivity index (χ4n) is 3.57. The normalized spacial score (nSPS) is 24.6. The summed E-state index contributed by atoms with van der Waals surface area (Å²) in [5.41, 5.74) is 7.06. The number of aromatic amines is 1. The molecule has 0 aromatic carbocycles. The maximum absolute atomic E-state index is 12.6. The molecular weight excluding hydrogens is 484 g/mol. The number of aromatic nitrogens is 2. The number of unbranched alkanes of at least 4 members (excludes halogenated alkanes) is 2. The molecule has 0 spiro atoms. The number of azide groups is 1. The van der Waals surface area contributed by atoms with Gasteiger partial charge in [0.1, 0.15) is 0 Å². The van der Waals surface area contributed by atoms with E-state index < -0.39 is 41.7 Å². The Balaban J connectivity index is 2.54. The Hall–Kier alpha value is -1.66. The number of nitrogens with zero attached hydrogens (tertiary/aromatic N) is 4. The van der Waals surface area contributed by atoms with E-state index in [-0.39, 0.29) is 18.8 Å². The van der Waals surface area contributed by atoms with E-state index in [1.807, 2.05) is 13.8 Å². The van der Waals surface area contributed by atoms with Gasteiger partial charge in [-0.1, -0.05) is 0 Å². The third kappa shape index (κ3) is 7.42. The van der Waals surface area contributed by atoms with Crippen molar-refractivity contribution in [3.05, 3.63) is 43.0 Å². The number of rotatable bonds is 15. The van der Waals surface area contributed by atoms with Crippen molar-refractivity contribution in [1.82, 2.24) is 9.55 Å². The standard InChI is InChI=1S/C19H31BN5O7PS/c1-4-6-8-29-11-19(12-31-34-33(20)28)15(30-9-7-5-2)14(23-24-21)17(32-19)25-10-13(3)16(26)22-18(25)27/h10,14-15,17,20H,4-9,11-12H2,1-3H3,(H,22,26,27)/t14-,15?,17+,19-/m0/s1. The van der Waals surface area contributed by atoms with Gasteiger partial charge in [0.2, 0.25) is 0 Å². The van der Waals surface area contributed by atoms with Crippen molar-refractivity contribution in [3.63, 3.8) is 0 Å². The molecule has 0 radical (unpaired) electrons. The predicted octanol–water partition coefficient (Wildman–Crippen LogP) is 3.02. The van der Waals surface area contributed by atoms with Crippen molar-refractivity contribution >= 4 is 25.3 Å². The zero-order chi connectivity index (χ0) is 25.1. The zero-order valence-electron chi connectivity index (χ0n) is 19.7. The first kappa shape index (κ1) is 28.6. The number of hydrogen-bond acceptors (Lipinski definition) is 9. The Morgan fingerprint density at radius 3 is 2.68 bits per heavy atom. The molecule has 1 saturated heterocycles. The molecule has 1 N–H and O–H groups in total. The van der Waals surface area contributed by atoms with Gasteiger partial charge in [0.15, 0.2) is 0 Å². The molecular formula is C19H31BN5O7PS. The average Bonchev–Trinajstić information content (AvgIpc) is 3.07. The van der Waals surface area contributed by atoms with Crippen molar-refractivity contribution in [1.29, 1.82) is 0 Å². The van der Waals surface area contributed by atoms with Crippen molar-refractivity contribution in [2.24, 2.45) is 5.11 Å². The third-order valence-corrected chi connectivity index (χ3v) is 6.51. The van der Waals surface area contributed by atoms with Crippen LogP contribution in [-0.2, 0) is 23.0 Å². The van der Waals surface area contributed by atoms with Crippen LogP contribution in [0.25, 0.3) is 10.4 Å². The van der Waals surface area contributed by atoms with Gasteiger partial charge in [0.25, 0.3) is 0 Å². The predicted molar refractivity (Wildman–Crippen MR) is 131 cm³/mol. The van der Waals surface area contributed by atoms with E-state index in [4.69, 9.17) is 18.4 Å².